The lowest BCUT2D eigenvalue weighted by atomic mass is 9.97. The van der Waals surface area contributed by atoms with E-state index in [9.17, 15) is 14.3 Å². The second-order valence-electron chi connectivity index (χ2n) is 5.01. The van der Waals surface area contributed by atoms with Crippen molar-refractivity contribution in [3.63, 3.8) is 0 Å². The number of rotatable bonds is 3. The summed E-state index contributed by atoms with van der Waals surface area (Å²) in [4.78, 5) is 12.2. The molecular weight excluding hydrogens is 277 g/mol. The number of aromatic carboxylic acids is 1. The highest BCUT2D eigenvalue weighted by Crippen LogP contribution is 2.42. The molecule has 0 unspecified atom stereocenters. The highest BCUT2D eigenvalue weighted by atomic mass is 32.1. The molecule has 3 nitrogen and oxygen atoms in total. The van der Waals surface area contributed by atoms with Crippen LogP contribution >= 0.6 is 11.3 Å². The maximum absolute atomic E-state index is 13.4. The Morgan fingerprint density at radius 2 is 2.05 bits per heavy atom. The number of anilines is 1. The number of halogens is 1. The molecule has 2 rings (SSSR count). The molecule has 1 aromatic heterocycles. The molecule has 1 aromatic carbocycles. The van der Waals surface area contributed by atoms with Gasteiger partial charge in [0.2, 0.25) is 0 Å². The largest absolute Gasteiger partial charge is 0.477 e. The predicted molar refractivity (Wildman–Crippen MR) is 79.9 cm³/mol. The van der Waals surface area contributed by atoms with Crippen LogP contribution in [0.1, 0.15) is 40.6 Å². The van der Waals surface area contributed by atoms with Crippen molar-refractivity contribution in [1.82, 2.24) is 0 Å². The van der Waals surface area contributed by atoms with E-state index in [4.69, 9.17) is 5.73 Å². The van der Waals surface area contributed by atoms with Crippen LogP contribution in [0.25, 0.3) is 10.4 Å². The van der Waals surface area contributed by atoms with Gasteiger partial charge in [-0.25, -0.2) is 9.18 Å². The van der Waals surface area contributed by atoms with Gasteiger partial charge < -0.3 is 10.8 Å². The lowest BCUT2D eigenvalue weighted by Gasteiger charge is -2.09. The second-order valence-corrected chi connectivity index (χ2v) is 6.03. The Labute approximate surface area is 120 Å². The average Bonchev–Trinajstić information content (AvgIpc) is 2.70. The van der Waals surface area contributed by atoms with E-state index in [-0.39, 0.29) is 16.6 Å². The van der Waals surface area contributed by atoms with Gasteiger partial charge in [-0.15, -0.1) is 11.3 Å². The molecule has 20 heavy (non-hydrogen) atoms. The molecule has 5 heteroatoms. The van der Waals surface area contributed by atoms with Gasteiger partial charge in [0.1, 0.15) is 10.7 Å². The van der Waals surface area contributed by atoms with Crippen molar-refractivity contribution in [2.75, 3.05) is 5.73 Å². The first-order chi connectivity index (χ1) is 9.32. The van der Waals surface area contributed by atoms with Gasteiger partial charge in [-0.1, -0.05) is 19.9 Å². The van der Waals surface area contributed by atoms with Gasteiger partial charge in [-0.05, 0) is 41.7 Å². The minimum atomic E-state index is -1.03. The molecule has 0 amide bonds. The molecule has 2 aromatic rings. The Bertz CT molecular complexity index is 677. The molecule has 0 aliphatic heterocycles. The van der Waals surface area contributed by atoms with Crippen LogP contribution in [-0.4, -0.2) is 11.1 Å². The monoisotopic (exact) mass is 293 g/mol. The SMILES string of the molecule is Cc1cc(-c2sc(C(=O)O)c(N)c2C(C)C)ccc1F. The van der Waals surface area contributed by atoms with Crippen LogP contribution in [0.5, 0.6) is 0 Å². The number of carboxylic acid groups (broad SMARTS) is 1. The summed E-state index contributed by atoms with van der Waals surface area (Å²) >= 11 is 1.14. The average molecular weight is 293 g/mol. The van der Waals surface area contributed by atoms with Crippen LogP contribution in [0.4, 0.5) is 10.1 Å². The van der Waals surface area contributed by atoms with E-state index in [1.54, 1.807) is 19.1 Å². The van der Waals surface area contributed by atoms with Gasteiger partial charge in [0.25, 0.3) is 0 Å². The summed E-state index contributed by atoms with van der Waals surface area (Å²) in [6.45, 7) is 5.61. The maximum atomic E-state index is 13.4. The topological polar surface area (TPSA) is 63.3 Å². The number of hydrogen-bond donors (Lipinski definition) is 2. The van der Waals surface area contributed by atoms with Crippen molar-refractivity contribution in [1.29, 1.82) is 0 Å². The zero-order valence-electron chi connectivity index (χ0n) is 11.5. The van der Waals surface area contributed by atoms with Crippen molar-refractivity contribution >= 4 is 23.0 Å². The molecule has 3 N–H and O–H groups in total. The Balaban J connectivity index is 2.69. The quantitative estimate of drug-likeness (QED) is 0.888. The first kappa shape index (κ1) is 14.5. The molecule has 106 valence electrons. The third kappa shape index (κ3) is 2.41. The highest BCUT2D eigenvalue weighted by Gasteiger charge is 2.23. The van der Waals surface area contributed by atoms with E-state index >= 15 is 0 Å². The van der Waals surface area contributed by atoms with Crippen molar-refractivity contribution in [2.45, 2.75) is 26.7 Å². The fourth-order valence-corrected chi connectivity index (χ4v) is 3.40. The molecule has 0 atom stereocenters. The molecule has 0 fully saturated rings. The standard InChI is InChI=1S/C15H16FNO2S/c1-7(2)11-12(17)14(15(18)19)20-13(11)9-4-5-10(16)8(3)6-9/h4-7H,17H2,1-3H3,(H,18,19). The first-order valence-corrected chi connectivity index (χ1v) is 7.06. The fourth-order valence-electron chi connectivity index (χ4n) is 2.19. The number of nitrogens with two attached hydrogens (primary N) is 1. The second kappa shape index (κ2) is 5.25. The third-order valence-electron chi connectivity index (χ3n) is 3.18. The zero-order chi connectivity index (χ0) is 15.0. The van der Waals surface area contributed by atoms with E-state index < -0.39 is 5.97 Å². The minimum Gasteiger partial charge on any atom is -0.477 e. The summed E-state index contributed by atoms with van der Waals surface area (Å²) in [5.74, 6) is -1.21. The van der Waals surface area contributed by atoms with Crippen molar-refractivity contribution in [3.05, 3.63) is 40.0 Å². The number of hydrogen-bond acceptors (Lipinski definition) is 3. The number of thiophene rings is 1. The third-order valence-corrected chi connectivity index (χ3v) is 4.43. The van der Waals surface area contributed by atoms with Crippen LogP contribution in [0.3, 0.4) is 0 Å². The molecule has 0 saturated heterocycles. The van der Waals surface area contributed by atoms with Gasteiger partial charge in [0.15, 0.2) is 0 Å². The molecule has 0 saturated carbocycles. The van der Waals surface area contributed by atoms with Crippen LogP contribution in [0.2, 0.25) is 0 Å². The molecule has 0 bridgehead atoms. The number of aryl methyl sites for hydroxylation is 1. The Morgan fingerprint density at radius 1 is 1.40 bits per heavy atom. The molecule has 0 radical (unpaired) electrons. The predicted octanol–water partition coefficient (Wildman–Crippen LogP) is 4.27. The summed E-state index contributed by atoms with van der Waals surface area (Å²) in [5, 5.41) is 9.20. The summed E-state index contributed by atoms with van der Waals surface area (Å²) < 4.78 is 13.4. The lowest BCUT2D eigenvalue weighted by Crippen LogP contribution is -2.00. The van der Waals surface area contributed by atoms with E-state index in [1.807, 2.05) is 13.8 Å². The summed E-state index contributed by atoms with van der Waals surface area (Å²) in [6, 6.07) is 4.77. The van der Waals surface area contributed by atoms with E-state index in [2.05, 4.69) is 0 Å². The molecule has 0 spiro atoms. The van der Waals surface area contributed by atoms with Gasteiger partial charge in [-0.2, -0.15) is 0 Å². The van der Waals surface area contributed by atoms with Gasteiger partial charge >= 0.3 is 5.97 Å². The van der Waals surface area contributed by atoms with Gasteiger partial charge in [-0.3, -0.25) is 0 Å². The number of benzene rings is 1. The van der Waals surface area contributed by atoms with Crippen LogP contribution in [0, 0.1) is 12.7 Å². The van der Waals surface area contributed by atoms with E-state index in [0.717, 1.165) is 27.3 Å². The Hall–Kier alpha value is -1.88. The van der Waals surface area contributed by atoms with Gasteiger partial charge in [0, 0.05) is 4.88 Å². The Kier molecular flexibility index (Phi) is 3.81. The normalized spacial score (nSPS) is 11.1. The van der Waals surface area contributed by atoms with E-state index in [1.165, 1.54) is 6.07 Å². The molecule has 1 heterocycles. The summed E-state index contributed by atoms with van der Waals surface area (Å²) in [5.41, 5.74) is 8.43. The fraction of sp³-hybridized carbons (Fsp3) is 0.267. The molecular formula is C15H16FNO2S. The molecule has 0 aliphatic rings. The lowest BCUT2D eigenvalue weighted by molar-refractivity contribution is 0.0703. The van der Waals surface area contributed by atoms with Crippen LogP contribution in [-0.2, 0) is 0 Å². The smallest absolute Gasteiger partial charge is 0.348 e. The highest BCUT2D eigenvalue weighted by molar-refractivity contribution is 7.18. The number of nitrogen functional groups attached to an aromatic ring is 1. The number of carbonyl (C=O) groups is 1. The molecule has 0 aliphatic carbocycles. The van der Waals surface area contributed by atoms with Gasteiger partial charge in [0.05, 0.1) is 5.69 Å². The minimum absolute atomic E-state index is 0.0970. The Morgan fingerprint density at radius 3 is 2.55 bits per heavy atom. The van der Waals surface area contributed by atoms with Crippen molar-refractivity contribution in [3.8, 4) is 10.4 Å². The van der Waals surface area contributed by atoms with Crippen molar-refractivity contribution < 1.29 is 14.3 Å². The summed E-state index contributed by atoms with van der Waals surface area (Å²) in [7, 11) is 0. The van der Waals surface area contributed by atoms with Crippen molar-refractivity contribution in [2.24, 2.45) is 0 Å². The van der Waals surface area contributed by atoms with Crippen LogP contribution in [0.15, 0.2) is 18.2 Å². The first-order valence-electron chi connectivity index (χ1n) is 6.25. The van der Waals surface area contributed by atoms with E-state index in [0.29, 0.717) is 11.3 Å². The zero-order valence-corrected chi connectivity index (χ0v) is 12.3. The number of carboxylic acids is 1. The van der Waals surface area contributed by atoms with Crippen LogP contribution < -0.4 is 5.73 Å². The maximum Gasteiger partial charge on any atom is 0.348 e. The summed E-state index contributed by atoms with van der Waals surface area (Å²) in [6.07, 6.45) is 0.